The summed E-state index contributed by atoms with van der Waals surface area (Å²) in [4.78, 5) is 34.1. The summed E-state index contributed by atoms with van der Waals surface area (Å²) in [6.45, 7) is 1.35. The molecule has 0 saturated carbocycles. The fraction of sp³-hybridized carbons (Fsp3) is 0.368. The molecule has 1 aliphatic rings. The highest BCUT2D eigenvalue weighted by atomic mass is 32.2. The quantitative estimate of drug-likeness (QED) is 0.512. The Hall–Kier alpha value is -2.41. The standard InChI is InChI=1S/C19H22N4O2S/c24-17-15-7-1-2-8-16(15)18(25)23(17)12-3-4-13-26-14-6-11-22-19-20-9-5-10-21-19/h1-2,5,7-10H,3-4,6,11-14H2,(H,20,21,22). The van der Waals surface area contributed by atoms with Crippen LogP contribution in [0.4, 0.5) is 5.95 Å². The average molecular weight is 370 g/mol. The lowest BCUT2D eigenvalue weighted by molar-refractivity contribution is 0.0652. The number of carbonyl (C=O) groups is 2. The van der Waals surface area contributed by atoms with E-state index in [4.69, 9.17) is 0 Å². The molecule has 0 saturated heterocycles. The molecule has 0 radical (unpaired) electrons. The van der Waals surface area contributed by atoms with Crippen molar-refractivity contribution in [2.24, 2.45) is 0 Å². The minimum absolute atomic E-state index is 0.160. The second-order valence-electron chi connectivity index (χ2n) is 5.98. The third-order valence-electron chi connectivity index (χ3n) is 4.11. The van der Waals surface area contributed by atoms with Crippen LogP contribution >= 0.6 is 11.8 Å². The van der Waals surface area contributed by atoms with Gasteiger partial charge >= 0.3 is 0 Å². The number of imide groups is 1. The van der Waals surface area contributed by atoms with Crippen molar-refractivity contribution in [1.29, 1.82) is 0 Å². The maximum atomic E-state index is 12.2. The summed E-state index contributed by atoms with van der Waals surface area (Å²) in [6.07, 6.45) is 6.32. The van der Waals surface area contributed by atoms with Crippen LogP contribution < -0.4 is 5.32 Å². The fourth-order valence-corrected chi connectivity index (χ4v) is 3.74. The van der Waals surface area contributed by atoms with E-state index in [1.54, 1.807) is 42.7 Å². The lowest BCUT2D eigenvalue weighted by Crippen LogP contribution is -2.30. The highest BCUT2D eigenvalue weighted by Gasteiger charge is 2.34. The van der Waals surface area contributed by atoms with Crippen molar-refractivity contribution in [3.8, 4) is 0 Å². The van der Waals surface area contributed by atoms with Gasteiger partial charge in [-0.15, -0.1) is 0 Å². The van der Waals surface area contributed by atoms with Crippen LogP contribution in [0.5, 0.6) is 0 Å². The minimum Gasteiger partial charge on any atom is -0.354 e. The number of carbonyl (C=O) groups excluding carboxylic acids is 2. The number of anilines is 1. The molecule has 26 heavy (non-hydrogen) atoms. The third kappa shape index (κ3) is 4.60. The summed E-state index contributed by atoms with van der Waals surface area (Å²) in [5.74, 6) is 2.44. The molecule has 1 N–H and O–H groups in total. The first kappa shape index (κ1) is 18.4. The van der Waals surface area contributed by atoms with Crippen LogP contribution in [-0.2, 0) is 0 Å². The molecule has 0 aliphatic carbocycles. The van der Waals surface area contributed by atoms with Crippen LogP contribution in [0.2, 0.25) is 0 Å². The molecule has 2 aromatic rings. The second-order valence-corrected chi connectivity index (χ2v) is 7.20. The average Bonchev–Trinajstić information content (AvgIpc) is 2.92. The van der Waals surface area contributed by atoms with Crippen LogP contribution in [0, 0.1) is 0 Å². The van der Waals surface area contributed by atoms with Crippen molar-refractivity contribution < 1.29 is 9.59 Å². The molecule has 1 aromatic heterocycles. The van der Waals surface area contributed by atoms with Crippen LogP contribution in [0.25, 0.3) is 0 Å². The Balaban J connectivity index is 1.25. The summed E-state index contributed by atoms with van der Waals surface area (Å²) >= 11 is 1.89. The van der Waals surface area contributed by atoms with Crippen molar-refractivity contribution in [2.75, 3.05) is 29.9 Å². The van der Waals surface area contributed by atoms with Crippen molar-refractivity contribution in [3.05, 3.63) is 53.9 Å². The van der Waals surface area contributed by atoms with E-state index in [0.717, 1.165) is 37.3 Å². The lowest BCUT2D eigenvalue weighted by Gasteiger charge is -2.13. The maximum Gasteiger partial charge on any atom is 0.261 e. The Morgan fingerprint density at radius 2 is 1.54 bits per heavy atom. The monoisotopic (exact) mass is 370 g/mol. The summed E-state index contributed by atoms with van der Waals surface area (Å²) in [5, 5.41) is 3.19. The molecular weight excluding hydrogens is 348 g/mol. The maximum absolute atomic E-state index is 12.2. The molecule has 1 aromatic carbocycles. The second kappa shape index (κ2) is 9.33. The van der Waals surface area contributed by atoms with Crippen LogP contribution in [0.1, 0.15) is 40.0 Å². The third-order valence-corrected chi connectivity index (χ3v) is 5.27. The Bertz CT molecular complexity index is 719. The highest BCUT2D eigenvalue weighted by Crippen LogP contribution is 2.22. The molecule has 0 fully saturated rings. The normalized spacial score (nSPS) is 13.2. The van der Waals surface area contributed by atoms with Gasteiger partial charge in [0.05, 0.1) is 11.1 Å². The summed E-state index contributed by atoms with van der Waals surface area (Å²) < 4.78 is 0. The summed E-state index contributed by atoms with van der Waals surface area (Å²) in [7, 11) is 0. The first-order chi connectivity index (χ1) is 12.8. The number of nitrogens with zero attached hydrogens (tertiary/aromatic N) is 3. The molecule has 7 heteroatoms. The van der Waals surface area contributed by atoms with Gasteiger partial charge in [0, 0.05) is 25.5 Å². The van der Waals surface area contributed by atoms with Crippen molar-refractivity contribution in [2.45, 2.75) is 19.3 Å². The Morgan fingerprint density at radius 3 is 2.23 bits per heavy atom. The molecule has 0 bridgehead atoms. The van der Waals surface area contributed by atoms with Crippen LogP contribution in [-0.4, -0.2) is 51.3 Å². The first-order valence-electron chi connectivity index (χ1n) is 8.81. The molecule has 2 amide bonds. The molecule has 6 nitrogen and oxygen atoms in total. The molecule has 2 heterocycles. The Kier molecular flexibility index (Phi) is 6.60. The van der Waals surface area contributed by atoms with E-state index >= 15 is 0 Å². The van der Waals surface area contributed by atoms with E-state index in [2.05, 4.69) is 15.3 Å². The van der Waals surface area contributed by atoms with Gasteiger partial charge in [0.25, 0.3) is 11.8 Å². The number of aromatic nitrogens is 2. The minimum atomic E-state index is -0.160. The van der Waals surface area contributed by atoms with Gasteiger partial charge in [0.15, 0.2) is 0 Å². The van der Waals surface area contributed by atoms with Crippen molar-refractivity contribution in [3.63, 3.8) is 0 Å². The number of thioether (sulfide) groups is 1. The number of fused-ring (bicyclic) bond motifs is 1. The van der Waals surface area contributed by atoms with Gasteiger partial charge in [-0.2, -0.15) is 11.8 Å². The molecule has 136 valence electrons. The van der Waals surface area contributed by atoms with Gasteiger partial charge in [-0.3, -0.25) is 14.5 Å². The highest BCUT2D eigenvalue weighted by molar-refractivity contribution is 7.99. The zero-order chi connectivity index (χ0) is 18.2. The number of nitrogens with one attached hydrogen (secondary N) is 1. The molecule has 0 spiro atoms. The van der Waals surface area contributed by atoms with E-state index in [1.807, 2.05) is 11.8 Å². The van der Waals surface area contributed by atoms with E-state index in [0.29, 0.717) is 23.6 Å². The van der Waals surface area contributed by atoms with Gasteiger partial charge in [0.2, 0.25) is 5.95 Å². The summed E-state index contributed by atoms with van der Waals surface area (Å²) in [6, 6.07) is 8.83. The number of benzene rings is 1. The van der Waals surface area contributed by atoms with Gasteiger partial charge in [-0.1, -0.05) is 12.1 Å². The number of hydrogen-bond donors (Lipinski definition) is 1. The van der Waals surface area contributed by atoms with Crippen molar-refractivity contribution in [1.82, 2.24) is 14.9 Å². The van der Waals surface area contributed by atoms with E-state index < -0.39 is 0 Å². The molecular formula is C19H22N4O2S. The summed E-state index contributed by atoms with van der Waals surface area (Å²) in [5.41, 5.74) is 1.06. The largest absolute Gasteiger partial charge is 0.354 e. The number of rotatable bonds is 10. The Morgan fingerprint density at radius 1 is 0.885 bits per heavy atom. The van der Waals surface area contributed by atoms with E-state index in [1.165, 1.54) is 4.90 Å². The SMILES string of the molecule is O=C1c2ccccc2C(=O)N1CCCCSCCCNc1ncccn1. The predicted molar refractivity (Wildman–Crippen MR) is 104 cm³/mol. The zero-order valence-corrected chi connectivity index (χ0v) is 15.4. The van der Waals surface area contributed by atoms with Crippen LogP contribution in [0.15, 0.2) is 42.7 Å². The van der Waals surface area contributed by atoms with Crippen molar-refractivity contribution >= 4 is 29.5 Å². The number of hydrogen-bond acceptors (Lipinski definition) is 6. The predicted octanol–water partition coefficient (Wildman–Crippen LogP) is 3.09. The topological polar surface area (TPSA) is 75.2 Å². The van der Waals surface area contributed by atoms with Gasteiger partial charge in [-0.05, 0) is 49.0 Å². The van der Waals surface area contributed by atoms with E-state index in [9.17, 15) is 9.59 Å². The van der Waals surface area contributed by atoms with Gasteiger partial charge < -0.3 is 5.32 Å². The molecule has 3 rings (SSSR count). The molecule has 1 aliphatic heterocycles. The fourth-order valence-electron chi connectivity index (χ4n) is 2.78. The first-order valence-corrected chi connectivity index (χ1v) is 9.96. The molecule has 0 atom stereocenters. The van der Waals surface area contributed by atoms with Crippen LogP contribution in [0.3, 0.4) is 0 Å². The lowest BCUT2D eigenvalue weighted by atomic mass is 10.1. The Labute approximate surface area is 157 Å². The number of amides is 2. The molecule has 0 unspecified atom stereocenters. The van der Waals surface area contributed by atoms with Gasteiger partial charge in [0.1, 0.15) is 0 Å². The van der Waals surface area contributed by atoms with E-state index in [-0.39, 0.29) is 11.8 Å². The van der Waals surface area contributed by atoms with Gasteiger partial charge in [-0.25, -0.2) is 9.97 Å². The number of unbranched alkanes of at least 4 members (excludes halogenated alkanes) is 1. The zero-order valence-electron chi connectivity index (χ0n) is 14.6. The smallest absolute Gasteiger partial charge is 0.261 e.